The van der Waals surface area contributed by atoms with E-state index in [4.69, 9.17) is 28.9 Å². The fraction of sp³-hybridized carbons (Fsp3) is 0.0769. The number of hydrogen-bond acceptors (Lipinski definition) is 1. The third kappa shape index (κ3) is 2.60. The smallest absolute Gasteiger partial charge is 0.123 e. The molecule has 0 atom stereocenters. The number of halogens is 3. The SMILES string of the molecule is NCc1ccc(F)cc1-c1ccc(Cl)cc1Cl. The Hall–Kier alpha value is -1.09. The van der Waals surface area contributed by atoms with E-state index in [1.54, 1.807) is 24.3 Å². The fourth-order valence-corrected chi connectivity index (χ4v) is 2.20. The van der Waals surface area contributed by atoms with E-state index >= 15 is 0 Å². The maximum atomic E-state index is 13.3. The van der Waals surface area contributed by atoms with E-state index in [9.17, 15) is 4.39 Å². The van der Waals surface area contributed by atoms with Crippen molar-refractivity contribution in [1.29, 1.82) is 0 Å². The Morgan fingerprint density at radius 1 is 1.00 bits per heavy atom. The molecule has 88 valence electrons. The molecular weight excluding hydrogens is 260 g/mol. The van der Waals surface area contributed by atoms with Crippen LogP contribution in [0.1, 0.15) is 5.56 Å². The van der Waals surface area contributed by atoms with Crippen LogP contribution in [-0.2, 0) is 6.54 Å². The molecule has 0 bridgehead atoms. The number of hydrogen-bond donors (Lipinski definition) is 1. The molecule has 1 nitrogen and oxygen atoms in total. The van der Waals surface area contributed by atoms with Gasteiger partial charge in [-0.3, -0.25) is 0 Å². The van der Waals surface area contributed by atoms with Gasteiger partial charge in [0.2, 0.25) is 0 Å². The Morgan fingerprint density at radius 2 is 1.76 bits per heavy atom. The van der Waals surface area contributed by atoms with E-state index < -0.39 is 0 Å². The fourth-order valence-electron chi connectivity index (χ4n) is 1.69. The molecule has 0 fully saturated rings. The van der Waals surface area contributed by atoms with Crippen LogP contribution in [0.5, 0.6) is 0 Å². The topological polar surface area (TPSA) is 26.0 Å². The lowest BCUT2D eigenvalue weighted by molar-refractivity contribution is 0.627. The summed E-state index contributed by atoms with van der Waals surface area (Å²) in [6, 6.07) is 9.58. The van der Waals surface area contributed by atoms with Gasteiger partial charge in [-0.25, -0.2) is 4.39 Å². The Labute approximate surface area is 109 Å². The van der Waals surface area contributed by atoms with Crippen molar-refractivity contribution >= 4 is 23.2 Å². The summed E-state index contributed by atoms with van der Waals surface area (Å²) in [5, 5.41) is 1.03. The predicted octanol–water partition coefficient (Wildman–Crippen LogP) is 4.26. The van der Waals surface area contributed by atoms with Gasteiger partial charge in [0.1, 0.15) is 5.82 Å². The number of nitrogens with two attached hydrogens (primary N) is 1. The van der Waals surface area contributed by atoms with Gasteiger partial charge < -0.3 is 5.73 Å². The maximum absolute atomic E-state index is 13.3. The second-order valence-electron chi connectivity index (χ2n) is 3.63. The third-order valence-corrected chi connectivity index (χ3v) is 3.06. The average Bonchev–Trinajstić information content (AvgIpc) is 2.29. The van der Waals surface area contributed by atoms with Crippen molar-refractivity contribution in [3.05, 3.63) is 57.8 Å². The molecule has 0 saturated carbocycles. The molecule has 0 amide bonds. The van der Waals surface area contributed by atoms with Crippen LogP contribution in [0.25, 0.3) is 11.1 Å². The zero-order chi connectivity index (χ0) is 12.4. The molecule has 2 aromatic carbocycles. The minimum atomic E-state index is -0.316. The van der Waals surface area contributed by atoms with Gasteiger partial charge in [0.05, 0.1) is 0 Å². The summed E-state index contributed by atoms with van der Waals surface area (Å²) >= 11 is 11.9. The zero-order valence-electron chi connectivity index (χ0n) is 8.88. The zero-order valence-corrected chi connectivity index (χ0v) is 10.4. The lowest BCUT2D eigenvalue weighted by Gasteiger charge is -2.10. The van der Waals surface area contributed by atoms with Crippen LogP contribution in [0.3, 0.4) is 0 Å². The summed E-state index contributed by atoms with van der Waals surface area (Å²) in [4.78, 5) is 0. The van der Waals surface area contributed by atoms with Gasteiger partial charge in [0.25, 0.3) is 0 Å². The monoisotopic (exact) mass is 269 g/mol. The van der Waals surface area contributed by atoms with Crippen LogP contribution in [0.15, 0.2) is 36.4 Å². The van der Waals surface area contributed by atoms with Gasteiger partial charge in [0.15, 0.2) is 0 Å². The quantitative estimate of drug-likeness (QED) is 0.866. The molecule has 0 saturated heterocycles. The first-order chi connectivity index (χ1) is 8.11. The molecule has 2 aromatic rings. The summed E-state index contributed by atoms with van der Waals surface area (Å²) < 4.78 is 13.3. The minimum Gasteiger partial charge on any atom is -0.326 e. The molecule has 0 spiro atoms. The van der Waals surface area contributed by atoms with Crippen molar-refractivity contribution in [2.75, 3.05) is 0 Å². The van der Waals surface area contributed by atoms with Crippen molar-refractivity contribution in [2.45, 2.75) is 6.54 Å². The van der Waals surface area contributed by atoms with Crippen LogP contribution in [0.4, 0.5) is 4.39 Å². The molecule has 0 aliphatic carbocycles. The van der Waals surface area contributed by atoms with E-state index in [2.05, 4.69) is 0 Å². The third-order valence-electron chi connectivity index (χ3n) is 2.51. The molecule has 0 heterocycles. The highest BCUT2D eigenvalue weighted by Gasteiger charge is 2.09. The molecule has 2 rings (SSSR count). The largest absolute Gasteiger partial charge is 0.326 e. The van der Waals surface area contributed by atoms with Crippen LogP contribution in [0, 0.1) is 5.82 Å². The minimum absolute atomic E-state index is 0.316. The highest BCUT2D eigenvalue weighted by atomic mass is 35.5. The van der Waals surface area contributed by atoms with Gasteiger partial charge in [-0.05, 0) is 35.4 Å². The summed E-state index contributed by atoms with van der Waals surface area (Å²) in [5.41, 5.74) is 7.90. The molecular formula is C13H10Cl2FN. The standard InChI is InChI=1S/C13H10Cl2FN/c14-9-2-4-11(13(15)5-9)12-6-10(16)3-1-8(12)7-17/h1-6H,7,17H2. The first-order valence-electron chi connectivity index (χ1n) is 5.05. The van der Waals surface area contributed by atoms with E-state index in [1.807, 2.05) is 0 Å². The number of rotatable bonds is 2. The first kappa shape index (κ1) is 12.4. The normalized spacial score (nSPS) is 10.6. The Bertz CT molecular complexity index is 555. The maximum Gasteiger partial charge on any atom is 0.123 e. The molecule has 17 heavy (non-hydrogen) atoms. The molecule has 0 unspecified atom stereocenters. The van der Waals surface area contributed by atoms with Gasteiger partial charge in [-0.15, -0.1) is 0 Å². The number of benzene rings is 2. The molecule has 4 heteroatoms. The van der Waals surface area contributed by atoms with Crippen molar-refractivity contribution in [1.82, 2.24) is 0 Å². The van der Waals surface area contributed by atoms with Crippen molar-refractivity contribution in [3.63, 3.8) is 0 Å². The van der Waals surface area contributed by atoms with Crippen molar-refractivity contribution < 1.29 is 4.39 Å². The van der Waals surface area contributed by atoms with E-state index in [0.29, 0.717) is 22.2 Å². The van der Waals surface area contributed by atoms with Gasteiger partial charge in [0, 0.05) is 22.2 Å². The summed E-state index contributed by atoms with van der Waals surface area (Å²) in [7, 11) is 0. The summed E-state index contributed by atoms with van der Waals surface area (Å²) in [6.07, 6.45) is 0. The lowest BCUT2D eigenvalue weighted by atomic mass is 9.99. The molecule has 0 aliphatic heterocycles. The van der Waals surface area contributed by atoms with E-state index in [1.165, 1.54) is 12.1 Å². The van der Waals surface area contributed by atoms with Crippen LogP contribution in [-0.4, -0.2) is 0 Å². The lowest BCUT2D eigenvalue weighted by Crippen LogP contribution is -1.99. The molecule has 0 aliphatic rings. The van der Waals surface area contributed by atoms with E-state index in [-0.39, 0.29) is 5.82 Å². The van der Waals surface area contributed by atoms with Crippen LogP contribution >= 0.6 is 23.2 Å². The van der Waals surface area contributed by atoms with Crippen molar-refractivity contribution in [3.8, 4) is 11.1 Å². The predicted molar refractivity (Wildman–Crippen MR) is 69.7 cm³/mol. The summed E-state index contributed by atoms with van der Waals surface area (Å²) in [5.74, 6) is -0.316. The van der Waals surface area contributed by atoms with Crippen LogP contribution in [0.2, 0.25) is 10.0 Å². The summed E-state index contributed by atoms with van der Waals surface area (Å²) in [6.45, 7) is 0.328. The Balaban J connectivity index is 2.62. The van der Waals surface area contributed by atoms with Crippen molar-refractivity contribution in [2.24, 2.45) is 5.73 Å². The molecule has 0 radical (unpaired) electrons. The average molecular weight is 270 g/mol. The molecule has 2 N–H and O–H groups in total. The second kappa shape index (κ2) is 5.05. The van der Waals surface area contributed by atoms with E-state index in [0.717, 1.165) is 11.1 Å². The van der Waals surface area contributed by atoms with Gasteiger partial charge in [-0.2, -0.15) is 0 Å². The highest BCUT2D eigenvalue weighted by molar-refractivity contribution is 6.36. The van der Waals surface area contributed by atoms with Gasteiger partial charge >= 0.3 is 0 Å². The Morgan fingerprint density at radius 3 is 2.41 bits per heavy atom. The Kier molecular flexibility index (Phi) is 3.67. The molecule has 0 aromatic heterocycles. The highest BCUT2D eigenvalue weighted by Crippen LogP contribution is 2.32. The first-order valence-corrected chi connectivity index (χ1v) is 5.81. The second-order valence-corrected chi connectivity index (χ2v) is 4.47. The van der Waals surface area contributed by atoms with Gasteiger partial charge in [-0.1, -0.05) is 35.3 Å². The van der Waals surface area contributed by atoms with Crippen LogP contribution < -0.4 is 5.73 Å².